The number of ether oxygens (including phenoxy) is 3. The van der Waals surface area contributed by atoms with Gasteiger partial charge in [-0.1, -0.05) is 6.07 Å². The first kappa shape index (κ1) is 22.0. The average Bonchev–Trinajstić information content (AvgIpc) is 3.25. The second-order valence-corrected chi connectivity index (χ2v) is 8.47. The highest BCUT2D eigenvalue weighted by Gasteiger charge is 2.27. The third kappa shape index (κ3) is 3.88. The lowest BCUT2D eigenvalue weighted by molar-refractivity contribution is 0.0303. The maximum absolute atomic E-state index is 13.1. The van der Waals surface area contributed by atoms with E-state index in [1.807, 2.05) is 47.4 Å². The van der Waals surface area contributed by atoms with Gasteiger partial charge >= 0.3 is 0 Å². The summed E-state index contributed by atoms with van der Waals surface area (Å²) in [4.78, 5) is 27.3. The van der Waals surface area contributed by atoms with Crippen molar-refractivity contribution in [2.24, 2.45) is 5.73 Å². The van der Waals surface area contributed by atoms with Gasteiger partial charge in [0.1, 0.15) is 11.5 Å². The van der Waals surface area contributed by atoms with Crippen LogP contribution in [0, 0.1) is 0 Å². The Morgan fingerprint density at radius 3 is 2.21 bits per heavy atom. The number of amides is 2. The number of nitrogens with two attached hydrogens (primary N) is 1. The first-order chi connectivity index (χ1) is 16.5. The number of primary amides is 1. The first-order valence-electron chi connectivity index (χ1n) is 11.2. The van der Waals surface area contributed by atoms with E-state index in [0.29, 0.717) is 55.4 Å². The largest absolute Gasteiger partial charge is 0.497 e. The Balaban J connectivity index is 1.62. The van der Waals surface area contributed by atoms with Gasteiger partial charge < -0.3 is 24.8 Å². The van der Waals surface area contributed by atoms with E-state index < -0.39 is 5.91 Å². The van der Waals surface area contributed by atoms with Crippen molar-refractivity contribution in [1.82, 2.24) is 4.90 Å². The number of methoxy groups -OCH3 is 2. The number of carbonyl (C=O) groups excluding carboxylic acids is 2. The molecule has 0 spiro atoms. The maximum atomic E-state index is 13.1. The summed E-state index contributed by atoms with van der Waals surface area (Å²) >= 11 is 0. The molecular formula is C27H26N2O5. The first-order valence-corrected chi connectivity index (χ1v) is 11.2. The molecule has 34 heavy (non-hydrogen) atoms. The highest BCUT2D eigenvalue weighted by molar-refractivity contribution is 6.01. The van der Waals surface area contributed by atoms with Crippen molar-refractivity contribution in [1.29, 1.82) is 0 Å². The zero-order valence-corrected chi connectivity index (χ0v) is 19.2. The molecule has 1 aliphatic heterocycles. The predicted octanol–water partition coefficient (Wildman–Crippen LogP) is 3.51. The molecule has 3 aromatic carbocycles. The van der Waals surface area contributed by atoms with Crippen LogP contribution < -0.4 is 15.2 Å². The molecule has 1 fully saturated rings. The Morgan fingerprint density at radius 1 is 0.882 bits per heavy atom. The normalized spacial score (nSPS) is 14.4. The fourth-order valence-electron chi connectivity index (χ4n) is 4.72. The highest BCUT2D eigenvalue weighted by atomic mass is 16.5. The molecule has 0 radical (unpaired) electrons. The number of benzene rings is 3. The van der Waals surface area contributed by atoms with Crippen LogP contribution in [-0.2, 0) is 11.2 Å². The van der Waals surface area contributed by atoms with Gasteiger partial charge in [-0.3, -0.25) is 9.59 Å². The summed E-state index contributed by atoms with van der Waals surface area (Å²) in [6, 6.07) is 15.2. The van der Waals surface area contributed by atoms with E-state index in [4.69, 9.17) is 19.9 Å². The van der Waals surface area contributed by atoms with Crippen LogP contribution in [0.15, 0.2) is 48.5 Å². The minimum atomic E-state index is -0.481. The standard InChI is InChI=1S/C27H26N2O5/c1-32-20-9-18(10-21(15-20)33-2)19-13-23-22-12-17(27(31)29-5-7-34-8-6-29)4-3-16(22)11-24(23)25(14-19)26(28)30/h3-4,9-10,12-15H,5-8,11H2,1-2H3,(H2,28,30). The van der Waals surface area contributed by atoms with E-state index in [9.17, 15) is 9.59 Å². The van der Waals surface area contributed by atoms with Crippen molar-refractivity contribution >= 4 is 11.8 Å². The summed E-state index contributed by atoms with van der Waals surface area (Å²) in [6.45, 7) is 2.27. The zero-order valence-electron chi connectivity index (χ0n) is 19.2. The average molecular weight is 459 g/mol. The number of carbonyl (C=O) groups is 2. The molecule has 7 heteroatoms. The van der Waals surface area contributed by atoms with Crippen LogP contribution in [-0.4, -0.2) is 57.2 Å². The monoisotopic (exact) mass is 458 g/mol. The summed E-state index contributed by atoms with van der Waals surface area (Å²) in [6.07, 6.45) is 0.594. The summed E-state index contributed by atoms with van der Waals surface area (Å²) in [5, 5.41) is 0. The van der Waals surface area contributed by atoms with Gasteiger partial charge in [0.25, 0.3) is 5.91 Å². The van der Waals surface area contributed by atoms with Crippen LogP contribution in [0.3, 0.4) is 0 Å². The summed E-state index contributed by atoms with van der Waals surface area (Å²) in [5.74, 6) is 0.803. The van der Waals surface area contributed by atoms with E-state index >= 15 is 0 Å². The molecule has 2 aliphatic rings. The molecule has 2 N–H and O–H groups in total. The molecule has 1 heterocycles. The molecule has 1 aliphatic carbocycles. The lowest BCUT2D eigenvalue weighted by Crippen LogP contribution is -2.40. The third-order valence-corrected chi connectivity index (χ3v) is 6.51. The predicted molar refractivity (Wildman–Crippen MR) is 128 cm³/mol. The van der Waals surface area contributed by atoms with Crippen molar-refractivity contribution < 1.29 is 23.8 Å². The number of nitrogens with zero attached hydrogens (tertiary/aromatic N) is 1. The SMILES string of the molecule is COc1cc(OC)cc(-c2cc(C(N)=O)c3c(c2)-c2cc(C(=O)N4CCOCC4)ccc2C3)c1. The summed E-state index contributed by atoms with van der Waals surface area (Å²) in [7, 11) is 3.19. The molecule has 0 saturated carbocycles. The lowest BCUT2D eigenvalue weighted by atomic mass is 9.93. The van der Waals surface area contributed by atoms with Gasteiger partial charge in [0.2, 0.25) is 5.91 Å². The number of morpholine rings is 1. The second kappa shape index (κ2) is 8.83. The molecule has 0 aromatic heterocycles. The quantitative estimate of drug-likeness (QED) is 0.494. The van der Waals surface area contributed by atoms with E-state index in [2.05, 4.69) is 0 Å². The van der Waals surface area contributed by atoms with Gasteiger partial charge in [-0.05, 0) is 76.2 Å². The van der Waals surface area contributed by atoms with Crippen molar-refractivity contribution in [3.8, 4) is 33.8 Å². The van der Waals surface area contributed by atoms with Crippen LogP contribution in [0.5, 0.6) is 11.5 Å². The molecule has 0 unspecified atom stereocenters. The Labute approximate surface area is 198 Å². The molecule has 7 nitrogen and oxygen atoms in total. The van der Waals surface area contributed by atoms with Crippen molar-refractivity contribution in [2.45, 2.75) is 6.42 Å². The van der Waals surface area contributed by atoms with Crippen molar-refractivity contribution in [3.05, 3.63) is 70.8 Å². The van der Waals surface area contributed by atoms with Crippen LogP contribution >= 0.6 is 0 Å². The topological polar surface area (TPSA) is 91.1 Å². The van der Waals surface area contributed by atoms with Crippen molar-refractivity contribution in [2.75, 3.05) is 40.5 Å². The van der Waals surface area contributed by atoms with Gasteiger partial charge in [-0.2, -0.15) is 0 Å². The number of hydrogen-bond donors (Lipinski definition) is 1. The molecule has 0 atom stereocenters. The Hall–Kier alpha value is -3.84. The number of hydrogen-bond acceptors (Lipinski definition) is 5. The summed E-state index contributed by atoms with van der Waals surface area (Å²) in [5.41, 5.74) is 12.4. The highest BCUT2D eigenvalue weighted by Crippen LogP contribution is 2.42. The summed E-state index contributed by atoms with van der Waals surface area (Å²) < 4.78 is 16.2. The minimum Gasteiger partial charge on any atom is -0.497 e. The van der Waals surface area contributed by atoms with E-state index in [1.54, 1.807) is 20.3 Å². The maximum Gasteiger partial charge on any atom is 0.254 e. The smallest absolute Gasteiger partial charge is 0.254 e. The van der Waals surface area contributed by atoms with E-state index in [-0.39, 0.29) is 5.91 Å². The fraction of sp³-hybridized carbons (Fsp3) is 0.259. The van der Waals surface area contributed by atoms with Crippen LogP contribution in [0.1, 0.15) is 31.8 Å². The molecular weight excluding hydrogens is 432 g/mol. The Kier molecular flexibility index (Phi) is 5.71. The second-order valence-electron chi connectivity index (χ2n) is 8.47. The lowest BCUT2D eigenvalue weighted by Gasteiger charge is -2.27. The third-order valence-electron chi connectivity index (χ3n) is 6.51. The van der Waals surface area contributed by atoms with Gasteiger partial charge in [-0.15, -0.1) is 0 Å². The molecule has 1 saturated heterocycles. The number of rotatable bonds is 5. The molecule has 2 amide bonds. The number of fused-ring (bicyclic) bond motifs is 3. The molecule has 5 rings (SSSR count). The minimum absolute atomic E-state index is 0.0108. The fourth-order valence-corrected chi connectivity index (χ4v) is 4.72. The van der Waals surface area contributed by atoms with Crippen LogP contribution in [0.4, 0.5) is 0 Å². The molecule has 0 bridgehead atoms. The molecule has 174 valence electrons. The van der Waals surface area contributed by atoms with Gasteiger partial charge in [0.15, 0.2) is 0 Å². The van der Waals surface area contributed by atoms with E-state index in [0.717, 1.165) is 33.4 Å². The van der Waals surface area contributed by atoms with Gasteiger partial charge in [-0.25, -0.2) is 0 Å². The van der Waals surface area contributed by atoms with E-state index in [1.165, 1.54) is 0 Å². The Bertz CT molecular complexity index is 1270. The van der Waals surface area contributed by atoms with Crippen LogP contribution in [0.2, 0.25) is 0 Å². The van der Waals surface area contributed by atoms with Gasteiger partial charge in [0, 0.05) is 30.3 Å². The van der Waals surface area contributed by atoms with Crippen molar-refractivity contribution in [3.63, 3.8) is 0 Å². The molecule has 3 aromatic rings. The Morgan fingerprint density at radius 2 is 1.56 bits per heavy atom. The van der Waals surface area contributed by atoms with Gasteiger partial charge in [0.05, 0.1) is 27.4 Å². The van der Waals surface area contributed by atoms with Crippen LogP contribution in [0.25, 0.3) is 22.3 Å². The zero-order chi connectivity index (χ0) is 23.8.